The summed E-state index contributed by atoms with van der Waals surface area (Å²) in [5.74, 6) is 0. The van der Waals surface area contributed by atoms with Gasteiger partial charge in [0.25, 0.3) is 0 Å². The summed E-state index contributed by atoms with van der Waals surface area (Å²) in [4.78, 5) is 2.41. The van der Waals surface area contributed by atoms with Gasteiger partial charge in [0.1, 0.15) is 22.3 Å². The van der Waals surface area contributed by atoms with E-state index in [-0.39, 0.29) is 5.41 Å². The zero-order valence-electron chi connectivity index (χ0n) is 31.1. The number of aryl methyl sites for hydroxylation is 2. The topological polar surface area (TPSA) is 41.6 Å². The number of rotatable bonds is 5. The standard InChI is InChI=1S/C50H40N2O2/c1-30-12-6-9-15-43(30)51-36-20-18-32-24-38-40-28-49-41(29-48(40)53-46(38)26-34(32)22-36)39-25-33-19-21-37(23-35(33)27-47(39)54-49)52(44-16-10-7-13-31(44)2)45-17-11-8-14-42(45)50(3,4)5/h6-29,51H,1-5H3. The first-order valence-corrected chi connectivity index (χ1v) is 18.7. The predicted octanol–water partition coefficient (Wildman–Crippen LogP) is 14.9. The maximum atomic E-state index is 6.65. The average Bonchev–Trinajstić information content (AvgIpc) is 3.69. The Labute approximate surface area is 314 Å². The van der Waals surface area contributed by atoms with Crippen molar-refractivity contribution in [2.75, 3.05) is 10.2 Å². The molecule has 0 saturated heterocycles. The monoisotopic (exact) mass is 700 g/mol. The van der Waals surface area contributed by atoms with E-state index in [0.717, 1.165) is 82.5 Å². The Morgan fingerprint density at radius 3 is 1.65 bits per heavy atom. The molecule has 262 valence electrons. The second-order valence-electron chi connectivity index (χ2n) is 15.7. The number of fused-ring (bicyclic) bond motifs is 8. The second kappa shape index (κ2) is 12.0. The van der Waals surface area contributed by atoms with E-state index in [1.165, 1.54) is 28.1 Å². The van der Waals surface area contributed by atoms with Gasteiger partial charge in [-0.25, -0.2) is 0 Å². The number of benzene rings is 8. The van der Waals surface area contributed by atoms with Crippen LogP contribution in [0.25, 0.3) is 65.4 Å². The van der Waals surface area contributed by atoms with Gasteiger partial charge in [-0.3, -0.25) is 0 Å². The van der Waals surface area contributed by atoms with Crippen molar-refractivity contribution in [3.05, 3.63) is 162 Å². The van der Waals surface area contributed by atoms with Crippen LogP contribution in [0, 0.1) is 13.8 Å². The molecule has 0 aliphatic carbocycles. The number of hydrogen-bond donors (Lipinski definition) is 1. The molecule has 1 N–H and O–H groups in total. The van der Waals surface area contributed by atoms with Gasteiger partial charge >= 0.3 is 0 Å². The number of nitrogens with one attached hydrogen (secondary N) is 1. The number of nitrogens with zero attached hydrogens (tertiary/aromatic N) is 1. The third kappa shape index (κ3) is 5.29. The van der Waals surface area contributed by atoms with Crippen molar-refractivity contribution in [2.45, 2.75) is 40.0 Å². The van der Waals surface area contributed by atoms with Crippen molar-refractivity contribution >= 4 is 93.9 Å². The summed E-state index contributed by atoms with van der Waals surface area (Å²) in [6.07, 6.45) is 0. The Morgan fingerprint density at radius 2 is 1.00 bits per heavy atom. The minimum atomic E-state index is -0.0325. The molecular formula is C50H40N2O2. The quantitative estimate of drug-likeness (QED) is 0.194. The fourth-order valence-corrected chi connectivity index (χ4v) is 8.13. The summed E-state index contributed by atoms with van der Waals surface area (Å²) in [5.41, 5.74) is 12.8. The van der Waals surface area contributed by atoms with Crippen LogP contribution < -0.4 is 10.2 Å². The zero-order valence-corrected chi connectivity index (χ0v) is 31.1. The van der Waals surface area contributed by atoms with Gasteiger partial charge in [-0.15, -0.1) is 0 Å². The van der Waals surface area contributed by atoms with Crippen LogP contribution in [-0.2, 0) is 5.41 Å². The van der Waals surface area contributed by atoms with E-state index in [1.54, 1.807) is 0 Å². The molecule has 4 heteroatoms. The molecule has 10 rings (SSSR count). The lowest BCUT2D eigenvalue weighted by molar-refractivity contribution is 0.591. The minimum Gasteiger partial charge on any atom is -0.456 e. The van der Waals surface area contributed by atoms with Crippen LogP contribution in [0.1, 0.15) is 37.5 Å². The highest BCUT2D eigenvalue weighted by molar-refractivity contribution is 6.18. The highest BCUT2D eigenvalue weighted by atomic mass is 16.3. The molecule has 0 amide bonds. The molecule has 0 aliphatic rings. The van der Waals surface area contributed by atoms with Gasteiger partial charge in [0.05, 0.1) is 0 Å². The molecule has 4 nitrogen and oxygen atoms in total. The van der Waals surface area contributed by atoms with Crippen molar-refractivity contribution in [1.82, 2.24) is 0 Å². The molecule has 0 aliphatic heterocycles. The van der Waals surface area contributed by atoms with Crippen molar-refractivity contribution in [1.29, 1.82) is 0 Å². The Kier molecular flexibility index (Phi) is 7.15. The van der Waals surface area contributed by atoms with Gasteiger partial charge < -0.3 is 19.1 Å². The molecule has 0 unspecified atom stereocenters. The van der Waals surface area contributed by atoms with Gasteiger partial charge in [0.15, 0.2) is 0 Å². The lowest BCUT2D eigenvalue weighted by atomic mass is 9.85. The summed E-state index contributed by atoms with van der Waals surface area (Å²) in [5, 5.41) is 12.4. The maximum absolute atomic E-state index is 6.65. The molecule has 0 spiro atoms. The predicted molar refractivity (Wildman–Crippen MR) is 229 cm³/mol. The molecule has 2 aromatic heterocycles. The SMILES string of the molecule is Cc1ccccc1Nc1ccc2cc3c(cc2c1)oc1cc2c(cc13)oc1cc3cc(N(c4ccccc4C)c4ccccc4C(C)(C)C)ccc3cc12. The molecule has 0 bridgehead atoms. The molecule has 0 saturated carbocycles. The summed E-state index contributed by atoms with van der Waals surface area (Å²) in [6, 6.07) is 52.1. The lowest BCUT2D eigenvalue weighted by Gasteiger charge is -2.33. The van der Waals surface area contributed by atoms with E-state index >= 15 is 0 Å². The summed E-state index contributed by atoms with van der Waals surface area (Å²) in [6.45, 7) is 11.1. The van der Waals surface area contributed by atoms with E-state index in [4.69, 9.17) is 8.83 Å². The first kappa shape index (κ1) is 32.2. The summed E-state index contributed by atoms with van der Waals surface area (Å²) in [7, 11) is 0. The Morgan fingerprint density at radius 1 is 0.463 bits per heavy atom. The lowest BCUT2D eigenvalue weighted by Crippen LogP contribution is -2.19. The Balaban J connectivity index is 1.08. The molecule has 54 heavy (non-hydrogen) atoms. The molecule has 0 radical (unpaired) electrons. The third-order valence-electron chi connectivity index (χ3n) is 11.0. The van der Waals surface area contributed by atoms with Crippen LogP contribution >= 0.6 is 0 Å². The van der Waals surface area contributed by atoms with E-state index in [2.05, 4.69) is 190 Å². The summed E-state index contributed by atoms with van der Waals surface area (Å²) < 4.78 is 13.2. The van der Waals surface area contributed by atoms with Crippen molar-refractivity contribution < 1.29 is 8.83 Å². The number of anilines is 5. The van der Waals surface area contributed by atoms with Crippen LogP contribution in [0.3, 0.4) is 0 Å². The molecule has 0 atom stereocenters. The van der Waals surface area contributed by atoms with Gasteiger partial charge in [-0.1, -0.05) is 87.5 Å². The fourth-order valence-electron chi connectivity index (χ4n) is 8.13. The number of furan rings is 2. The number of para-hydroxylation sites is 3. The Bertz CT molecular complexity index is 3100. The van der Waals surface area contributed by atoms with E-state index in [9.17, 15) is 0 Å². The van der Waals surface area contributed by atoms with Crippen LogP contribution in [0.15, 0.2) is 154 Å². The van der Waals surface area contributed by atoms with Gasteiger partial charge in [0.2, 0.25) is 0 Å². The molecule has 2 heterocycles. The van der Waals surface area contributed by atoms with Gasteiger partial charge in [0, 0.05) is 50.0 Å². The zero-order chi connectivity index (χ0) is 36.7. The van der Waals surface area contributed by atoms with Crippen LogP contribution in [0.2, 0.25) is 0 Å². The fraction of sp³-hybridized carbons (Fsp3) is 0.120. The normalized spacial score (nSPS) is 12.2. The molecule has 0 fully saturated rings. The average molecular weight is 701 g/mol. The molecule has 8 aromatic carbocycles. The summed E-state index contributed by atoms with van der Waals surface area (Å²) >= 11 is 0. The van der Waals surface area contributed by atoms with E-state index < -0.39 is 0 Å². The Hall–Kier alpha value is -6.52. The van der Waals surface area contributed by atoms with Gasteiger partial charge in [-0.2, -0.15) is 0 Å². The highest BCUT2D eigenvalue weighted by Crippen LogP contribution is 2.44. The first-order chi connectivity index (χ1) is 26.2. The first-order valence-electron chi connectivity index (χ1n) is 18.7. The van der Waals surface area contributed by atoms with Crippen LogP contribution in [0.5, 0.6) is 0 Å². The van der Waals surface area contributed by atoms with Crippen molar-refractivity contribution in [3.63, 3.8) is 0 Å². The van der Waals surface area contributed by atoms with Crippen LogP contribution in [0.4, 0.5) is 28.4 Å². The van der Waals surface area contributed by atoms with Gasteiger partial charge in [-0.05, 0) is 136 Å². The second-order valence-corrected chi connectivity index (χ2v) is 15.7. The van der Waals surface area contributed by atoms with E-state index in [1.807, 2.05) is 0 Å². The smallest absolute Gasteiger partial charge is 0.136 e. The van der Waals surface area contributed by atoms with Crippen LogP contribution in [-0.4, -0.2) is 0 Å². The van der Waals surface area contributed by atoms with Crippen molar-refractivity contribution in [3.8, 4) is 0 Å². The largest absolute Gasteiger partial charge is 0.456 e. The molecular weight excluding hydrogens is 661 g/mol. The minimum absolute atomic E-state index is 0.0325. The third-order valence-corrected chi connectivity index (χ3v) is 11.0. The maximum Gasteiger partial charge on any atom is 0.136 e. The van der Waals surface area contributed by atoms with Crippen molar-refractivity contribution in [2.24, 2.45) is 0 Å². The van der Waals surface area contributed by atoms with E-state index in [0.29, 0.717) is 0 Å². The molecule has 10 aromatic rings. The number of hydrogen-bond acceptors (Lipinski definition) is 4. The highest BCUT2D eigenvalue weighted by Gasteiger charge is 2.24.